The average molecular weight is 476 g/mol. The Balaban J connectivity index is 1.62. The van der Waals surface area contributed by atoms with Crippen molar-refractivity contribution < 1.29 is 17.3 Å². The lowest BCUT2D eigenvalue weighted by Crippen LogP contribution is -2.25. The van der Waals surface area contributed by atoms with Crippen molar-refractivity contribution in [2.75, 3.05) is 5.32 Å². The molecule has 0 atom stereocenters. The predicted octanol–water partition coefficient (Wildman–Crippen LogP) is 4.12. The Morgan fingerprint density at radius 3 is 2.50 bits per heavy atom. The highest BCUT2D eigenvalue weighted by molar-refractivity contribution is 7.89. The van der Waals surface area contributed by atoms with E-state index >= 15 is 0 Å². The average Bonchev–Trinajstić information content (AvgIpc) is 3.10. The number of anilines is 1. The molecular formula is C21H19ClFN5O3S. The SMILES string of the molecule is Cc1noc(C)c1S(=O)(=O)NCc1nc(NCc2ccc(F)cc2)c2ccc(Cl)cc2n1. The largest absolute Gasteiger partial charge is 0.365 e. The van der Waals surface area contributed by atoms with E-state index in [1.807, 2.05) is 0 Å². The topological polar surface area (TPSA) is 110 Å². The van der Waals surface area contributed by atoms with Gasteiger partial charge in [0.1, 0.15) is 28.0 Å². The summed E-state index contributed by atoms with van der Waals surface area (Å²) in [7, 11) is -3.88. The van der Waals surface area contributed by atoms with Crippen molar-refractivity contribution in [3.63, 3.8) is 0 Å². The first-order chi connectivity index (χ1) is 15.2. The maximum Gasteiger partial charge on any atom is 0.246 e. The van der Waals surface area contributed by atoms with E-state index in [1.165, 1.54) is 19.1 Å². The summed E-state index contributed by atoms with van der Waals surface area (Å²) in [5.74, 6) is 0.630. The molecule has 2 aromatic heterocycles. The molecule has 0 saturated carbocycles. The van der Waals surface area contributed by atoms with Crippen LogP contribution in [0, 0.1) is 19.7 Å². The molecule has 2 aromatic carbocycles. The molecule has 0 bridgehead atoms. The van der Waals surface area contributed by atoms with E-state index in [-0.39, 0.29) is 34.5 Å². The second kappa shape index (κ2) is 8.81. The molecule has 11 heteroatoms. The molecule has 0 aliphatic heterocycles. The van der Waals surface area contributed by atoms with Gasteiger partial charge in [0.2, 0.25) is 10.0 Å². The number of sulfonamides is 1. The molecule has 4 rings (SSSR count). The summed E-state index contributed by atoms with van der Waals surface area (Å²) in [4.78, 5) is 8.92. The lowest BCUT2D eigenvalue weighted by molar-refractivity contribution is 0.390. The number of hydrogen-bond donors (Lipinski definition) is 2. The smallest absolute Gasteiger partial charge is 0.246 e. The van der Waals surface area contributed by atoms with Crippen LogP contribution in [-0.2, 0) is 23.1 Å². The Morgan fingerprint density at radius 2 is 1.81 bits per heavy atom. The van der Waals surface area contributed by atoms with E-state index in [0.29, 0.717) is 28.3 Å². The maximum atomic E-state index is 13.2. The van der Waals surface area contributed by atoms with E-state index in [9.17, 15) is 12.8 Å². The van der Waals surface area contributed by atoms with Crippen LogP contribution < -0.4 is 10.0 Å². The summed E-state index contributed by atoms with van der Waals surface area (Å²) in [6.07, 6.45) is 0. The van der Waals surface area contributed by atoms with Gasteiger partial charge in [0, 0.05) is 17.0 Å². The van der Waals surface area contributed by atoms with Crippen molar-refractivity contribution in [3.05, 3.63) is 76.1 Å². The minimum absolute atomic E-state index is 0.00371. The van der Waals surface area contributed by atoms with E-state index in [4.69, 9.17) is 16.1 Å². The Hall–Kier alpha value is -3.08. The van der Waals surface area contributed by atoms with Gasteiger partial charge in [0.25, 0.3) is 0 Å². The molecule has 0 aliphatic rings. The minimum atomic E-state index is -3.88. The van der Waals surface area contributed by atoms with Gasteiger partial charge in [-0.1, -0.05) is 28.9 Å². The van der Waals surface area contributed by atoms with Gasteiger partial charge < -0.3 is 9.84 Å². The fraction of sp³-hybridized carbons (Fsp3) is 0.190. The molecule has 32 heavy (non-hydrogen) atoms. The van der Waals surface area contributed by atoms with Crippen LogP contribution >= 0.6 is 11.6 Å². The fourth-order valence-electron chi connectivity index (χ4n) is 3.24. The molecule has 8 nitrogen and oxygen atoms in total. The van der Waals surface area contributed by atoms with Crippen molar-refractivity contribution in [1.29, 1.82) is 0 Å². The summed E-state index contributed by atoms with van der Waals surface area (Å²) in [6, 6.07) is 11.3. The van der Waals surface area contributed by atoms with E-state index in [2.05, 4.69) is 25.2 Å². The third-order valence-electron chi connectivity index (χ3n) is 4.74. The summed E-state index contributed by atoms with van der Waals surface area (Å²) >= 11 is 6.12. The Bertz CT molecular complexity index is 1370. The summed E-state index contributed by atoms with van der Waals surface area (Å²) in [5.41, 5.74) is 1.68. The zero-order valence-corrected chi connectivity index (χ0v) is 18.8. The van der Waals surface area contributed by atoms with Crippen molar-refractivity contribution in [3.8, 4) is 0 Å². The monoisotopic (exact) mass is 475 g/mol. The van der Waals surface area contributed by atoms with Crippen molar-refractivity contribution in [1.82, 2.24) is 19.8 Å². The molecule has 0 radical (unpaired) electrons. The number of aryl methyl sites for hydroxylation is 2. The van der Waals surface area contributed by atoms with Gasteiger partial charge >= 0.3 is 0 Å². The second-order valence-electron chi connectivity index (χ2n) is 7.11. The third kappa shape index (κ3) is 4.72. The predicted molar refractivity (Wildman–Crippen MR) is 118 cm³/mol. The van der Waals surface area contributed by atoms with Crippen LogP contribution in [0.3, 0.4) is 0 Å². The minimum Gasteiger partial charge on any atom is -0.365 e. The van der Waals surface area contributed by atoms with Crippen LogP contribution in [-0.4, -0.2) is 23.5 Å². The first-order valence-electron chi connectivity index (χ1n) is 9.60. The molecule has 0 fully saturated rings. The van der Waals surface area contributed by atoms with Gasteiger partial charge in [-0.15, -0.1) is 0 Å². The highest BCUT2D eigenvalue weighted by atomic mass is 35.5. The Labute approximate surface area is 188 Å². The zero-order valence-electron chi connectivity index (χ0n) is 17.2. The van der Waals surface area contributed by atoms with E-state index in [0.717, 1.165) is 5.56 Å². The number of benzene rings is 2. The van der Waals surface area contributed by atoms with Crippen LogP contribution in [0.4, 0.5) is 10.2 Å². The molecule has 166 valence electrons. The summed E-state index contributed by atoms with van der Waals surface area (Å²) in [5, 5.41) is 8.10. The highest BCUT2D eigenvalue weighted by Crippen LogP contribution is 2.25. The maximum absolute atomic E-state index is 13.2. The molecule has 4 aromatic rings. The van der Waals surface area contributed by atoms with Gasteiger partial charge in [0.05, 0.1) is 12.1 Å². The Morgan fingerprint density at radius 1 is 1.06 bits per heavy atom. The van der Waals surface area contributed by atoms with Crippen molar-refractivity contribution in [2.45, 2.75) is 31.8 Å². The van der Waals surface area contributed by atoms with Gasteiger partial charge in [-0.3, -0.25) is 0 Å². The zero-order chi connectivity index (χ0) is 22.9. The Kier molecular flexibility index (Phi) is 6.09. The quantitative estimate of drug-likeness (QED) is 0.413. The number of rotatable bonds is 7. The molecule has 0 aliphatic carbocycles. The fourth-order valence-corrected chi connectivity index (χ4v) is 4.71. The number of halogens is 2. The highest BCUT2D eigenvalue weighted by Gasteiger charge is 2.24. The molecule has 0 unspecified atom stereocenters. The van der Waals surface area contributed by atoms with E-state index < -0.39 is 10.0 Å². The van der Waals surface area contributed by atoms with E-state index in [1.54, 1.807) is 37.3 Å². The second-order valence-corrected chi connectivity index (χ2v) is 9.25. The van der Waals surface area contributed by atoms with Crippen LogP contribution in [0.5, 0.6) is 0 Å². The molecule has 0 amide bonds. The van der Waals surface area contributed by atoms with Crippen LogP contribution in [0.1, 0.15) is 22.8 Å². The first kappa shape index (κ1) is 22.1. The number of hydrogen-bond acceptors (Lipinski definition) is 7. The first-order valence-corrected chi connectivity index (χ1v) is 11.5. The van der Waals surface area contributed by atoms with Gasteiger partial charge in [-0.05, 0) is 49.7 Å². The van der Waals surface area contributed by atoms with Gasteiger partial charge in [-0.25, -0.2) is 27.5 Å². The van der Waals surface area contributed by atoms with Gasteiger partial charge in [-0.2, -0.15) is 0 Å². The lowest BCUT2D eigenvalue weighted by Gasteiger charge is -2.12. The molecule has 0 spiro atoms. The van der Waals surface area contributed by atoms with Crippen molar-refractivity contribution in [2.24, 2.45) is 0 Å². The van der Waals surface area contributed by atoms with Crippen LogP contribution in [0.15, 0.2) is 51.9 Å². The summed E-state index contributed by atoms with van der Waals surface area (Å²) in [6.45, 7) is 3.32. The molecule has 0 saturated heterocycles. The summed E-state index contributed by atoms with van der Waals surface area (Å²) < 4.78 is 46.0. The number of aromatic nitrogens is 3. The lowest BCUT2D eigenvalue weighted by atomic mass is 10.2. The number of nitrogens with zero attached hydrogens (tertiary/aromatic N) is 3. The van der Waals surface area contributed by atoms with Crippen LogP contribution in [0.2, 0.25) is 5.02 Å². The normalized spacial score (nSPS) is 11.8. The number of nitrogens with one attached hydrogen (secondary N) is 2. The van der Waals surface area contributed by atoms with Crippen molar-refractivity contribution >= 4 is 38.3 Å². The molecular weight excluding hydrogens is 457 g/mol. The molecule has 2 heterocycles. The van der Waals surface area contributed by atoms with Gasteiger partial charge in [0.15, 0.2) is 5.76 Å². The van der Waals surface area contributed by atoms with Crippen LogP contribution in [0.25, 0.3) is 10.9 Å². The molecule has 2 N–H and O–H groups in total. The third-order valence-corrected chi connectivity index (χ3v) is 6.62. The number of fused-ring (bicyclic) bond motifs is 1. The standard InChI is InChI=1S/C21H19ClFN5O3S/c1-12-20(13(2)31-28-12)32(29,30)25-11-19-26-18-9-15(22)5-8-17(18)21(27-19)24-10-14-3-6-16(23)7-4-14/h3-9,25H,10-11H2,1-2H3,(H,24,26,27).